The van der Waals surface area contributed by atoms with E-state index in [-0.39, 0.29) is 18.5 Å². The van der Waals surface area contributed by atoms with E-state index < -0.39 is 0 Å². The Kier molecular flexibility index (Phi) is 4.32. The van der Waals surface area contributed by atoms with Gasteiger partial charge in [0.1, 0.15) is 5.82 Å². The topological polar surface area (TPSA) is 46.2 Å². The second kappa shape index (κ2) is 5.29. The Morgan fingerprint density at radius 2 is 2.14 bits per heavy atom. The minimum Gasteiger partial charge on any atom is -0.396 e. The monoisotopic (exact) mass is 217 g/mol. The SMILES string of the molecule is N[C@H](CCCO)c1cc(F)cc(Cl)c1. The number of hydrogen-bond acceptors (Lipinski definition) is 2. The molecule has 1 aromatic rings. The lowest BCUT2D eigenvalue weighted by Crippen LogP contribution is -2.11. The molecule has 2 nitrogen and oxygen atoms in total. The Morgan fingerprint density at radius 1 is 1.43 bits per heavy atom. The van der Waals surface area contributed by atoms with E-state index in [9.17, 15) is 4.39 Å². The van der Waals surface area contributed by atoms with Crippen LogP contribution in [0.2, 0.25) is 5.02 Å². The van der Waals surface area contributed by atoms with Crippen LogP contribution in [-0.4, -0.2) is 11.7 Å². The number of aliphatic hydroxyl groups is 1. The van der Waals surface area contributed by atoms with Gasteiger partial charge in [-0.15, -0.1) is 0 Å². The number of hydrogen-bond donors (Lipinski definition) is 2. The molecule has 0 fully saturated rings. The van der Waals surface area contributed by atoms with Crippen molar-refractivity contribution in [3.05, 3.63) is 34.6 Å². The summed E-state index contributed by atoms with van der Waals surface area (Å²) in [5, 5.41) is 8.96. The van der Waals surface area contributed by atoms with Crippen molar-refractivity contribution < 1.29 is 9.50 Å². The van der Waals surface area contributed by atoms with Crippen molar-refractivity contribution in [3.63, 3.8) is 0 Å². The van der Waals surface area contributed by atoms with Gasteiger partial charge in [-0.2, -0.15) is 0 Å². The number of nitrogens with two attached hydrogens (primary N) is 1. The van der Waals surface area contributed by atoms with Crippen molar-refractivity contribution in [1.29, 1.82) is 0 Å². The summed E-state index contributed by atoms with van der Waals surface area (Å²) < 4.78 is 12.9. The lowest BCUT2D eigenvalue weighted by Gasteiger charge is -2.11. The number of rotatable bonds is 4. The molecule has 0 aromatic heterocycles. The minimum atomic E-state index is -0.382. The smallest absolute Gasteiger partial charge is 0.125 e. The zero-order chi connectivity index (χ0) is 10.6. The molecule has 78 valence electrons. The fourth-order valence-electron chi connectivity index (χ4n) is 1.27. The second-order valence-electron chi connectivity index (χ2n) is 3.18. The molecule has 4 heteroatoms. The van der Waals surface area contributed by atoms with Crippen LogP contribution in [0.3, 0.4) is 0 Å². The van der Waals surface area contributed by atoms with Crippen LogP contribution in [-0.2, 0) is 0 Å². The van der Waals surface area contributed by atoms with Gasteiger partial charge in [-0.25, -0.2) is 4.39 Å². The Morgan fingerprint density at radius 3 is 2.71 bits per heavy atom. The third kappa shape index (κ3) is 3.25. The van der Waals surface area contributed by atoms with Gasteiger partial charge >= 0.3 is 0 Å². The highest BCUT2D eigenvalue weighted by Gasteiger charge is 2.07. The maximum absolute atomic E-state index is 12.9. The summed E-state index contributed by atoms with van der Waals surface area (Å²) in [6, 6.07) is 3.99. The molecule has 0 heterocycles. The van der Waals surface area contributed by atoms with Gasteiger partial charge in [0.25, 0.3) is 0 Å². The van der Waals surface area contributed by atoms with Crippen LogP contribution in [0.5, 0.6) is 0 Å². The molecule has 1 aromatic carbocycles. The minimum absolute atomic E-state index is 0.0940. The molecule has 0 radical (unpaired) electrons. The van der Waals surface area contributed by atoms with Crippen LogP contribution in [0, 0.1) is 5.82 Å². The lowest BCUT2D eigenvalue weighted by atomic mass is 10.0. The van der Waals surface area contributed by atoms with Crippen molar-refractivity contribution in [3.8, 4) is 0 Å². The fourth-order valence-corrected chi connectivity index (χ4v) is 1.50. The van der Waals surface area contributed by atoms with E-state index >= 15 is 0 Å². The van der Waals surface area contributed by atoms with E-state index in [1.54, 1.807) is 6.07 Å². The Hall–Kier alpha value is -0.640. The summed E-state index contributed by atoms with van der Waals surface area (Å²) >= 11 is 5.68. The van der Waals surface area contributed by atoms with Crippen molar-refractivity contribution in [2.45, 2.75) is 18.9 Å². The second-order valence-corrected chi connectivity index (χ2v) is 3.61. The van der Waals surface area contributed by atoms with Gasteiger partial charge in [0.15, 0.2) is 0 Å². The predicted octanol–water partition coefficient (Wildman–Crippen LogP) is 2.25. The Labute approximate surface area is 87.5 Å². The zero-order valence-corrected chi connectivity index (χ0v) is 8.47. The first kappa shape index (κ1) is 11.4. The molecule has 0 spiro atoms. The van der Waals surface area contributed by atoms with Crippen LogP contribution in [0.25, 0.3) is 0 Å². The molecule has 1 rings (SSSR count). The summed E-state index contributed by atoms with van der Waals surface area (Å²) in [7, 11) is 0. The molecular weight excluding hydrogens is 205 g/mol. The van der Waals surface area contributed by atoms with Crippen LogP contribution >= 0.6 is 11.6 Å². The van der Waals surface area contributed by atoms with Crippen LogP contribution in [0.1, 0.15) is 24.4 Å². The molecule has 0 bridgehead atoms. The van der Waals surface area contributed by atoms with E-state index in [1.165, 1.54) is 12.1 Å². The van der Waals surface area contributed by atoms with E-state index in [2.05, 4.69) is 0 Å². The summed E-state index contributed by atoms with van der Waals surface area (Å²) in [5.41, 5.74) is 6.45. The zero-order valence-electron chi connectivity index (χ0n) is 7.71. The lowest BCUT2D eigenvalue weighted by molar-refractivity contribution is 0.280. The van der Waals surface area contributed by atoms with Gasteiger partial charge in [0, 0.05) is 17.7 Å². The summed E-state index contributed by atoms with van der Waals surface area (Å²) in [6.07, 6.45) is 1.23. The van der Waals surface area contributed by atoms with Gasteiger partial charge in [-0.1, -0.05) is 11.6 Å². The van der Waals surface area contributed by atoms with Gasteiger partial charge < -0.3 is 10.8 Å². The first-order chi connectivity index (χ1) is 6.63. The van der Waals surface area contributed by atoms with Gasteiger partial charge in [-0.3, -0.25) is 0 Å². The highest BCUT2D eigenvalue weighted by molar-refractivity contribution is 6.30. The highest BCUT2D eigenvalue weighted by Crippen LogP contribution is 2.21. The Balaban J connectivity index is 2.73. The van der Waals surface area contributed by atoms with Gasteiger partial charge in [-0.05, 0) is 36.6 Å². The molecule has 0 aliphatic rings. The van der Waals surface area contributed by atoms with Crippen molar-refractivity contribution in [1.82, 2.24) is 0 Å². The van der Waals surface area contributed by atoms with Crippen LogP contribution in [0.15, 0.2) is 18.2 Å². The summed E-state index contributed by atoms with van der Waals surface area (Å²) in [6.45, 7) is 0.0940. The maximum atomic E-state index is 12.9. The molecule has 14 heavy (non-hydrogen) atoms. The Bertz CT molecular complexity index is 286. The third-order valence-electron chi connectivity index (χ3n) is 1.99. The summed E-state index contributed by atoms with van der Waals surface area (Å²) in [4.78, 5) is 0. The average molecular weight is 218 g/mol. The van der Waals surface area contributed by atoms with Gasteiger partial charge in [0.2, 0.25) is 0 Å². The highest BCUT2D eigenvalue weighted by atomic mass is 35.5. The van der Waals surface area contributed by atoms with Gasteiger partial charge in [0.05, 0.1) is 0 Å². The number of benzene rings is 1. The van der Waals surface area contributed by atoms with Crippen molar-refractivity contribution >= 4 is 11.6 Å². The molecule has 1 atom stereocenters. The number of halogens is 2. The quantitative estimate of drug-likeness (QED) is 0.813. The fraction of sp³-hybridized carbons (Fsp3) is 0.400. The molecule has 0 unspecified atom stereocenters. The molecule has 0 saturated carbocycles. The molecule has 0 amide bonds. The standard InChI is InChI=1S/C10H13ClFNO/c11-8-4-7(5-9(12)6-8)10(13)2-1-3-14/h4-6,10,14H,1-3,13H2/t10-/m1/s1. The molecule has 0 saturated heterocycles. The average Bonchev–Trinajstić information content (AvgIpc) is 2.12. The first-order valence-electron chi connectivity index (χ1n) is 4.46. The molecule has 0 aliphatic heterocycles. The van der Waals surface area contributed by atoms with E-state index in [0.29, 0.717) is 23.4 Å². The largest absolute Gasteiger partial charge is 0.396 e. The van der Waals surface area contributed by atoms with Crippen LogP contribution in [0.4, 0.5) is 4.39 Å². The molecule has 0 aliphatic carbocycles. The van der Waals surface area contributed by atoms with Crippen molar-refractivity contribution in [2.24, 2.45) is 5.73 Å². The first-order valence-corrected chi connectivity index (χ1v) is 4.83. The van der Waals surface area contributed by atoms with E-state index in [0.717, 1.165) is 0 Å². The number of aliphatic hydroxyl groups excluding tert-OH is 1. The van der Waals surface area contributed by atoms with E-state index in [4.69, 9.17) is 22.4 Å². The molecule has 3 N–H and O–H groups in total. The maximum Gasteiger partial charge on any atom is 0.125 e. The van der Waals surface area contributed by atoms with E-state index in [1.807, 2.05) is 0 Å². The third-order valence-corrected chi connectivity index (χ3v) is 2.20. The predicted molar refractivity (Wildman–Crippen MR) is 54.7 cm³/mol. The normalized spacial score (nSPS) is 12.9. The summed E-state index contributed by atoms with van der Waals surface area (Å²) in [5.74, 6) is -0.382. The van der Waals surface area contributed by atoms with Crippen LogP contribution < -0.4 is 5.73 Å². The van der Waals surface area contributed by atoms with Crippen molar-refractivity contribution in [2.75, 3.05) is 6.61 Å². The molecular formula is C10H13ClFNO.